The minimum Gasteiger partial charge on any atom is -0.386 e. The van der Waals surface area contributed by atoms with Gasteiger partial charge in [-0.3, -0.25) is 4.79 Å². The smallest absolute Gasteiger partial charge is 0.322 e. The molecule has 2 N–H and O–H groups in total. The van der Waals surface area contributed by atoms with E-state index in [1.54, 1.807) is 29.2 Å². The number of hydrogen-bond acceptors (Lipinski definition) is 3. The first-order chi connectivity index (χ1) is 11.9. The molecule has 2 amide bonds. The van der Waals surface area contributed by atoms with Gasteiger partial charge in [0.15, 0.2) is 5.78 Å². The molecule has 0 bridgehead atoms. The zero-order chi connectivity index (χ0) is 18.4. The molecule has 0 saturated heterocycles. The van der Waals surface area contributed by atoms with Crippen LogP contribution in [-0.2, 0) is 0 Å². The second-order valence-corrected chi connectivity index (χ2v) is 5.95. The molecular formula is C20H24N2O3. The SMILES string of the molecule is CCN(C(=O)Nc1ccc(C(C)=O)cc1)[C@@H](C)[C@H](O)c1ccccc1. The molecule has 0 unspecified atom stereocenters. The van der Waals surface area contributed by atoms with Gasteiger partial charge in [0.2, 0.25) is 0 Å². The maximum atomic E-state index is 12.6. The van der Waals surface area contributed by atoms with Crippen molar-refractivity contribution in [2.24, 2.45) is 0 Å². The number of aliphatic hydroxyl groups excluding tert-OH is 1. The number of anilines is 1. The number of amides is 2. The van der Waals surface area contributed by atoms with Gasteiger partial charge in [-0.15, -0.1) is 0 Å². The highest BCUT2D eigenvalue weighted by Gasteiger charge is 2.26. The fourth-order valence-corrected chi connectivity index (χ4v) is 2.70. The number of urea groups is 1. The van der Waals surface area contributed by atoms with Crippen LogP contribution in [0.3, 0.4) is 0 Å². The molecule has 0 radical (unpaired) electrons. The van der Waals surface area contributed by atoms with E-state index in [9.17, 15) is 14.7 Å². The molecule has 0 fully saturated rings. The highest BCUT2D eigenvalue weighted by Crippen LogP contribution is 2.21. The van der Waals surface area contributed by atoms with Crippen molar-refractivity contribution >= 4 is 17.5 Å². The molecule has 25 heavy (non-hydrogen) atoms. The van der Waals surface area contributed by atoms with Crippen LogP contribution in [0.1, 0.15) is 42.8 Å². The third kappa shape index (κ3) is 4.67. The van der Waals surface area contributed by atoms with E-state index in [1.807, 2.05) is 44.2 Å². The topological polar surface area (TPSA) is 69.6 Å². The average Bonchev–Trinajstić information content (AvgIpc) is 2.62. The molecule has 0 aliphatic rings. The van der Waals surface area contributed by atoms with Crippen molar-refractivity contribution < 1.29 is 14.7 Å². The van der Waals surface area contributed by atoms with Crippen molar-refractivity contribution in [2.75, 3.05) is 11.9 Å². The summed E-state index contributed by atoms with van der Waals surface area (Å²) in [6.07, 6.45) is -0.771. The first-order valence-electron chi connectivity index (χ1n) is 8.35. The molecular weight excluding hydrogens is 316 g/mol. The summed E-state index contributed by atoms with van der Waals surface area (Å²) in [6.45, 7) is 5.65. The zero-order valence-corrected chi connectivity index (χ0v) is 14.8. The van der Waals surface area contributed by atoms with Crippen LogP contribution in [0.5, 0.6) is 0 Å². The first-order valence-corrected chi connectivity index (χ1v) is 8.35. The largest absolute Gasteiger partial charge is 0.386 e. The monoisotopic (exact) mass is 340 g/mol. The third-order valence-electron chi connectivity index (χ3n) is 4.23. The highest BCUT2D eigenvalue weighted by molar-refractivity contribution is 5.95. The third-order valence-corrected chi connectivity index (χ3v) is 4.23. The zero-order valence-electron chi connectivity index (χ0n) is 14.8. The molecule has 0 aliphatic carbocycles. The quantitative estimate of drug-likeness (QED) is 0.784. The minimum absolute atomic E-state index is 0.0207. The number of hydrogen-bond donors (Lipinski definition) is 2. The van der Waals surface area contributed by atoms with E-state index in [0.29, 0.717) is 17.8 Å². The van der Waals surface area contributed by atoms with Crippen molar-refractivity contribution in [1.82, 2.24) is 4.90 Å². The van der Waals surface area contributed by atoms with Crippen LogP contribution in [0.25, 0.3) is 0 Å². The second kappa shape index (κ2) is 8.44. The minimum atomic E-state index is -0.771. The number of rotatable bonds is 6. The van der Waals surface area contributed by atoms with E-state index in [-0.39, 0.29) is 17.9 Å². The number of aliphatic hydroxyl groups is 1. The van der Waals surface area contributed by atoms with Gasteiger partial charge in [-0.05, 0) is 50.6 Å². The molecule has 0 aliphatic heterocycles. The van der Waals surface area contributed by atoms with Crippen LogP contribution in [0, 0.1) is 0 Å². The lowest BCUT2D eigenvalue weighted by molar-refractivity contribution is 0.0804. The maximum absolute atomic E-state index is 12.6. The number of Topliss-reactive ketones (excluding diaryl/α,β-unsaturated/α-hetero) is 1. The first kappa shape index (κ1) is 18.7. The Labute approximate surface area is 148 Å². The van der Waals surface area contributed by atoms with Crippen molar-refractivity contribution in [1.29, 1.82) is 0 Å². The van der Waals surface area contributed by atoms with Gasteiger partial charge in [-0.1, -0.05) is 30.3 Å². The number of benzene rings is 2. The van der Waals surface area contributed by atoms with Gasteiger partial charge in [-0.25, -0.2) is 4.79 Å². The van der Waals surface area contributed by atoms with Crippen LogP contribution in [-0.4, -0.2) is 34.4 Å². The fraction of sp³-hybridized carbons (Fsp3) is 0.300. The van der Waals surface area contributed by atoms with E-state index in [2.05, 4.69) is 5.32 Å². The van der Waals surface area contributed by atoms with Gasteiger partial charge >= 0.3 is 6.03 Å². The Morgan fingerprint density at radius 1 is 1.08 bits per heavy atom. The average molecular weight is 340 g/mol. The number of carbonyl (C=O) groups excluding carboxylic acids is 2. The molecule has 5 nitrogen and oxygen atoms in total. The summed E-state index contributed by atoms with van der Waals surface area (Å²) in [6, 6.07) is 15.4. The van der Waals surface area contributed by atoms with E-state index >= 15 is 0 Å². The predicted molar refractivity (Wildman–Crippen MR) is 98.7 cm³/mol. The molecule has 2 rings (SSSR count). The molecule has 2 aromatic rings. The maximum Gasteiger partial charge on any atom is 0.322 e. The molecule has 2 aromatic carbocycles. The summed E-state index contributed by atoms with van der Waals surface area (Å²) in [5, 5.41) is 13.4. The number of nitrogens with zero attached hydrogens (tertiary/aromatic N) is 1. The van der Waals surface area contributed by atoms with Crippen LogP contribution in [0.4, 0.5) is 10.5 Å². The Bertz CT molecular complexity index is 713. The summed E-state index contributed by atoms with van der Waals surface area (Å²) in [4.78, 5) is 25.5. The molecule has 5 heteroatoms. The number of carbonyl (C=O) groups is 2. The predicted octanol–water partition coefficient (Wildman–Crippen LogP) is 3.87. The van der Waals surface area contributed by atoms with Crippen LogP contribution >= 0.6 is 0 Å². The van der Waals surface area contributed by atoms with Gasteiger partial charge < -0.3 is 15.3 Å². The lowest BCUT2D eigenvalue weighted by atomic mass is 10.0. The Morgan fingerprint density at radius 3 is 2.20 bits per heavy atom. The summed E-state index contributed by atoms with van der Waals surface area (Å²) >= 11 is 0. The van der Waals surface area contributed by atoms with Crippen LogP contribution in [0.15, 0.2) is 54.6 Å². The van der Waals surface area contributed by atoms with Gasteiger partial charge in [-0.2, -0.15) is 0 Å². The lowest BCUT2D eigenvalue weighted by Gasteiger charge is -2.31. The van der Waals surface area contributed by atoms with E-state index in [0.717, 1.165) is 5.56 Å². The van der Waals surface area contributed by atoms with Crippen molar-refractivity contribution in [3.63, 3.8) is 0 Å². The molecule has 0 heterocycles. The molecule has 2 atom stereocenters. The van der Waals surface area contributed by atoms with E-state index < -0.39 is 6.10 Å². The molecule has 132 valence electrons. The number of ketones is 1. The summed E-state index contributed by atoms with van der Waals surface area (Å²) in [5.74, 6) is -0.0207. The summed E-state index contributed by atoms with van der Waals surface area (Å²) in [7, 11) is 0. The standard InChI is InChI=1S/C20H24N2O3/c1-4-22(14(2)19(24)17-8-6-5-7-9-17)20(25)21-18-12-10-16(11-13-18)15(3)23/h5-14,19,24H,4H2,1-3H3,(H,21,25)/t14-,19-/m0/s1. The molecule has 0 saturated carbocycles. The highest BCUT2D eigenvalue weighted by atomic mass is 16.3. The Kier molecular flexibility index (Phi) is 6.31. The number of nitrogens with one attached hydrogen (secondary N) is 1. The van der Waals surface area contributed by atoms with Crippen molar-refractivity contribution in [3.8, 4) is 0 Å². The van der Waals surface area contributed by atoms with Crippen molar-refractivity contribution in [2.45, 2.75) is 32.9 Å². The fourth-order valence-electron chi connectivity index (χ4n) is 2.70. The second-order valence-electron chi connectivity index (χ2n) is 5.95. The van der Waals surface area contributed by atoms with Gasteiger partial charge in [0.25, 0.3) is 0 Å². The lowest BCUT2D eigenvalue weighted by Crippen LogP contribution is -2.44. The molecule has 0 spiro atoms. The Morgan fingerprint density at radius 2 is 1.68 bits per heavy atom. The van der Waals surface area contributed by atoms with Crippen LogP contribution < -0.4 is 5.32 Å². The van der Waals surface area contributed by atoms with Gasteiger partial charge in [0, 0.05) is 17.8 Å². The Balaban J connectivity index is 2.08. The Hall–Kier alpha value is -2.66. The van der Waals surface area contributed by atoms with Gasteiger partial charge in [0.1, 0.15) is 0 Å². The van der Waals surface area contributed by atoms with Gasteiger partial charge in [0.05, 0.1) is 12.1 Å². The van der Waals surface area contributed by atoms with E-state index in [1.165, 1.54) is 6.92 Å². The summed E-state index contributed by atoms with van der Waals surface area (Å²) < 4.78 is 0. The number of likely N-dealkylation sites (N-methyl/N-ethyl adjacent to an activating group) is 1. The van der Waals surface area contributed by atoms with Crippen molar-refractivity contribution in [3.05, 3.63) is 65.7 Å². The summed E-state index contributed by atoms with van der Waals surface area (Å²) in [5.41, 5.74) is 1.97. The molecule has 0 aromatic heterocycles. The van der Waals surface area contributed by atoms with Crippen LogP contribution in [0.2, 0.25) is 0 Å². The van der Waals surface area contributed by atoms with E-state index in [4.69, 9.17) is 0 Å². The normalized spacial score (nSPS) is 13.0.